The number of esters is 8. The van der Waals surface area contributed by atoms with Gasteiger partial charge in [-0.1, -0.05) is 88.4 Å². The number of hydrogen-bond donors (Lipinski definition) is 1. The topological polar surface area (TPSA) is 357 Å². The normalized spacial score (nSPS) is 30.2. The molecule has 0 aliphatic carbocycles. The minimum absolute atomic E-state index is 0.0295. The molecule has 6 heterocycles. The van der Waals surface area contributed by atoms with Crippen LogP contribution in [0.5, 0.6) is 0 Å². The van der Waals surface area contributed by atoms with E-state index >= 15 is 0 Å². The number of ether oxygens (including phenoxy) is 17. The van der Waals surface area contributed by atoms with E-state index in [0.29, 0.717) is 31.1 Å². The molecule has 31 nitrogen and oxygen atoms in total. The second-order valence-corrected chi connectivity index (χ2v) is 24.5. The zero-order valence-corrected chi connectivity index (χ0v) is 56.5. The SMILES string of the molecule is CCCOCCn1cc(CO[C@@H]2O[C@H](C[n+]3cc(CO[C@@H]4OC(COC(C)=O)[C@@H](O[C@H]5OC(COC(C)=O)[C@@H](O[C@H]6OC(COC(C)=O)[C@@H](C)[C@H](C)C6OC(C)=O)[C@H](C)C5OC(C)=O)[C@H](C)C4OC(C)=O)n[nH]3)[C@@H](C)[C@H](OC(=O)c3ccccc3)[C@@H]2OC(=O)c2ccccc2)nn1. The summed E-state index contributed by atoms with van der Waals surface area (Å²) in [6.45, 7) is 18.1. The van der Waals surface area contributed by atoms with Crippen LogP contribution in [0.15, 0.2) is 73.1 Å². The summed E-state index contributed by atoms with van der Waals surface area (Å²) in [7, 11) is 0. The van der Waals surface area contributed by atoms with Gasteiger partial charge in [0.1, 0.15) is 63.1 Å². The summed E-state index contributed by atoms with van der Waals surface area (Å²) in [5, 5.41) is 15.9. The molecule has 0 radical (unpaired) electrons. The highest BCUT2D eigenvalue weighted by Crippen LogP contribution is 2.41. The maximum Gasteiger partial charge on any atom is 0.338 e. The first-order valence-electron chi connectivity index (χ1n) is 32.4. The fourth-order valence-electron chi connectivity index (χ4n) is 11.9. The highest BCUT2D eigenvalue weighted by Gasteiger charge is 2.56. The molecule has 1 N–H and O–H groups in total. The molecule has 2 aromatic heterocycles. The molecule has 532 valence electrons. The molecule has 0 bridgehead atoms. The van der Waals surface area contributed by atoms with Crippen LogP contribution in [0.1, 0.15) is 122 Å². The van der Waals surface area contributed by atoms with Crippen molar-refractivity contribution in [2.45, 2.75) is 208 Å². The second kappa shape index (κ2) is 35.6. The van der Waals surface area contributed by atoms with E-state index in [2.05, 4.69) is 20.6 Å². The molecular formula is C66H89N6O25+. The van der Waals surface area contributed by atoms with Gasteiger partial charge in [-0.3, -0.25) is 28.8 Å². The van der Waals surface area contributed by atoms with Gasteiger partial charge in [-0.2, -0.15) is 4.68 Å². The van der Waals surface area contributed by atoms with Crippen LogP contribution < -0.4 is 4.68 Å². The molecule has 4 aliphatic heterocycles. The van der Waals surface area contributed by atoms with Gasteiger partial charge in [-0.25, -0.2) is 14.3 Å². The van der Waals surface area contributed by atoms with E-state index in [4.69, 9.17) is 80.5 Å². The zero-order valence-electron chi connectivity index (χ0n) is 56.5. The Bertz CT molecular complexity index is 3240. The van der Waals surface area contributed by atoms with Crippen molar-refractivity contribution < 1.29 is 124 Å². The van der Waals surface area contributed by atoms with Crippen molar-refractivity contribution in [1.82, 2.24) is 25.3 Å². The number of aromatic nitrogens is 6. The van der Waals surface area contributed by atoms with Crippen LogP contribution in [0.3, 0.4) is 0 Å². The third kappa shape index (κ3) is 20.8. The molecule has 8 rings (SSSR count). The lowest BCUT2D eigenvalue weighted by molar-refractivity contribution is -0.761. The van der Waals surface area contributed by atoms with Crippen molar-refractivity contribution in [1.29, 1.82) is 0 Å². The number of benzene rings is 2. The highest BCUT2D eigenvalue weighted by molar-refractivity contribution is 5.90. The number of carbonyl (C=O) groups is 8. The van der Waals surface area contributed by atoms with E-state index in [0.717, 1.165) is 6.42 Å². The number of aromatic amines is 1. The van der Waals surface area contributed by atoms with Gasteiger partial charge in [-0.15, -0.1) is 5.10 Å². The largest absolute Gasteiger partial charge is 0.463 e. The predicted molar refractivity (Wildman–Crippen MR) is 328 cm³/mol. The van der Waals surface area contributed by atoms with Gasteiger partial charge in [0.05, 0.1) is 55.4 Å². The van der Waals surface area contributed by atoms with Crippen molar-refractivity contribution in [3.8, 4) is 0 Å². The highest BCUT2D eigenvalue weighted by atomic mass is 16.8. The summed E-state index contributed by atoms with van der Waals surface area (Å²) in [4.78, 5) is 103. The molecule has 0 spiro atoms. The number of nitrogens with one attached hydrogen (secondary N) is 1. The first-order chi connectivity index (χ1) is 46.4. The van der Waals surface area contributed by atoms with E-state index in [1.54, 1.807) is 103 Å². The van der Waals surface area contributed by atoms with E-state index in [-0.39, 0.29) is 43.4 Å². The van der Waals surface area contributed by atoms with E-state index in [9.17, 15) is 38.4 Å². The van der Waals surface area contributed by atoms with Crippen LogP contribution in [0.2, 0.25) is 0 Å². The van der Waals surface area contributed by atoms with Crippen LogP contribution in [-0.4, -0.2) is 198 Å². The molecule has 20 atom stereocenters. The summed E-state index contributed by atoms with van der Waals surface area (Å²) in [5.41, 5.74) is 1.21. The Morgan fingerprint density at radius 2 is 0.938 bits per heavy atom. The van der Waals surface area contributed by atoms with Crippen LogP contribution in [0.4, 0.5) is 0 Å². The summed E-state index contributed by atoms with van der Waals surface area (Å²) in [5.74, 6) is -8.60. The van der Waals surface area contributed by atoms with Crippen LogP contribution >= 0.6 is 0 Å². The minimum atomic E-state index is -1.51. The monoisotopic (exact) mass is 1370 g/mol. The lowest BCUT2D eigenvalue weighted by atomic mass is 9.83. The summed E-state index contributed by atoms with van der Waals surface area (Å²) in [6.07, 6.45) is -13.7. The van der Waals surface area contributed by atoms with Crippen molar-refractivity contribution >= 4 is 47.8 Å². The standard InChI is InChI=1S/C66H88N6O25/c1-13-25-81-26-24-71-27-48(67-69-71)30-86-64-60(95-62(80)47-22-18-15-19-23-47)56(94-61(79)46-20-16-14-17-21-46)37(4)50(90-64)29-72-28-49(68-70-72)31-85-63-58(88-44(11)77)38(5)54(52(92-63)33-83-41(8)74)97-66-59(89-45(12)78)39(6)55(53(93-66)34-84-42(9)75)96-65-57(87-43(10)76)36(3)35(2)51(91-65)32-82-40(7)73/h14-23,27-28,35-39,50-60,63-66H,13,24-26,29-34H2,1-12H3/p+1/t35-,36-,37+,38-,39-,50+,51?,52?,53?,54-,55-,56-,57?,58?,59?,60-,63+,64+,65+,66+/m0/s1. The Morgan fingerprint density at radius 3 is 1.45 bits per heavy atom. The van der Waals surface area contributed by atoms with E-state index in [1.807, 2.05) is 20.8 Å². The van der Waals surface area contributed by atoms with Crippen molar-refractivity contribution in [3.63, 3.8) is 0 Å². The van der Waals surface area contributed by atoms with Crippen LogP contribution in [0.25, 0.3) is 0 Å². The third-order valence-corrected chi connectivity index (χ3v) is 17.0. The molecular weight excluding hydrogens is 1280 g/mol. The predicted octanol–water partition coefficient (Wildman–Crippen LogP) is 4.23. The number of nitrogens with zero attached hydrogens (tertiary/aromatic N) is 5. The van der Waals surface area contributed by atoms with Gasteiger partial charge in [0.15, 0.2) is 55.8 Å². The summed E-state index contributed by atoms with van der Waals surface area (Å²) >= 11 is 0. The zero-order chi connectivity index (χ0) is 70.0. The van der Waals surface area contributed by atoms with Crippen molar-refractivity contribution in [2.24, 2.45) is 29.6 Å². The summed E-state index contributed by atoms with van der Waals surface area (Å²) in [6, 6.07) is 16.6. The van der Waals surface area contributed by atoms with Gasteiger partial charge in [0, 0.05) is 76.9 Å². The Hall–Kier alpha value is -7.88. The molecule has 4 saturated heterocycles. The van der Waals surface area contributed by atoms with Crippen molar-refractivity contribution in [3.05, 3.63) is 95.6 Å². The maximum atomic E-state index is 14.0. The number of rotatable bonds is 30. The van der Waals surface area contributed by atoms with Gasteiger partial charge in [-0.05, 0) is 36.6 Å². The molecule has 4 fully saturated rings. The molecule has 0 saturated carbocycles. The fourth-order valence-corrected chi connectivity index (χ4v) is 11.9. The quantitative estimate of drug-likeness (QED) is 0.0330. The number of carbonyl (C=O) groups excluding carboxylic acids is 8. The Morgan fingerprint density at radius 1 is 0.485 bits per heavy atom. The molecule has 4 aliphatic rings. The molecule has 6 unspecified atom stereocenters. The maximum absolute atomic E-state index is 14.0. The first-order valence-corrected chi connectivity index (χ1v) is 32.4. The molecule has 4 aromatic rings. The number of hydrogen-bond acceptors (Lipinski definition) is 28. The van der Waals surface area contributed by atoms with E-state index in [1.165, 1.54) is 41.5 Å². The van der Waals surface area contributed by atoms with Crippen molar-refractivity contribution in [2.75, 3.05) is 33.0 Å². The lowest BCUT2D eigenvalue weighted by Gasteiger charge is -2.50. The molecule has 0 amide bonds. The lowest BCUT2D eigenvalue weighted by Crippen LogP contribution is -2.63. The van der Waals surface area contributed by atoms with Gasteiger partial charge in [0.2, 0.25) is 5.69 Å². The van der Waals surface area contributed by atoms with Gasteiger partial charge in [0.25, 0.3) is 0 Å². The average Bonchev–Trinajstić information content (AvgIpc) is 1.66. The Kier molecular flexibility index (Phi) is 27.5. The molecule has 2 aromatic carbocycles. The first kappa shape index (κ1) is 74.9. The second-order valence-electron chi connectivity index (χ2n) is 24.5. The number of H-pyrrole nitrogens is 1. The fraction of sp³-hybridized carbons (Fsp3) is 0.636. The minimum Gasteiger partial charge on any atom is -0.463 e. The van der Waals surface area contributed by atoms with E-state index < -0.39 is 177 Å². The Labute approximate surface area is 561 Å². The Balaban J connectivity index is 1.02. The van der Waals surface area contributed by atoms with Crippen LogP contribution in [0, 0.1) is 29.6 Å². The third-order valence-electron chi connectivity index (χ3n) is 17.0. The smallest absolute Gasteiger partial charge is 0.338 e. The average molecular weight is 1370 g/mol. The molecule has 97 heavy (non-hydrogen) atoms. The van der Waals surface area contributed by atoms with Gasteiger partial charge >= 0.3 is 47.8 Å². The van der Waals surface area contributed by atoms with Crippen LogP contribution in [-0.2, 0) is 136 Å². The summed E-state index contributed by atoms with van der Waals surface area (Å²) < 4.78 is 108. The van der Waals surface area contributed by atoms with Gasteiger partial charge < -0.3 is 80.5 Å². The molecule has 31 heteroatoms.